The first-order chi connectivity index (χ1) is 9.99. The molecule has 0 bridgehead atoms. The Bertz CT molecular complexity index is 634. The van der Waals surface area contributed by atoms with E-state index in [4.69, 9.17) is 16.9 Å². The van der Waals surface area contributed by atoms with Gasteiger partial charge < -0.3 is 0 Å². The Hall–Kier alpha value is -0.260. The molecule has 0 aromatic carbocycles. The second-order valence-electron chi connectivity index (χ2n) is 6.09. The number of hydrogen-bond donors (Lipinski definition) is 1. The van der Waals surface area contributed by atoms with Crippen molar-refractivity contribution in [2.24, 2.45) is 0 Å². The maximum Gasteiger partial charge on any atom is 0.149 e. The Balaban J connectivity index is 3.21. The van der Waals surface area contributed by atoms with Crippen LogP contribution in [0.3, 0.4) is 0 Å². The van der Waals surface area contributed by atoms with Crippen LogP contribution in [0.15, 0.2) is 9.85 Å². The van der Waals surface area contributed by atoms with Gasteiger partial charge in [0.05, 0.1) is 42.6 Å². The number of halogens is 2. The smallest absolute Gasteiger partial charge is 0.149 e. The van der Waals surface area contributed by atoms with Crippen molar-refractivity contribution in [1.29, 1.82) is 5.26 Å². The summed E-state index contributed by atoms with van der Waals surface area (Å²) in [5.41, 5.74) is -0.889. The largest absolute Gasteiger partial charge is 0.298 e. The molecule has 0 spiro atoms. The predicted octanol–water partition coefficient (Wildman–Crippen LogP) is 4.30. The third-order valence-corrected chi connectivity index (χ3v) is 6.92. The number of ketones is 1. The number of thiophene rings is 1. The minimum Gasteiger partial charge on any atom is -0.298 e. The summed E-state index contributed by atoms with van der Waals surface area (Å²) in [7, 11) is -1.38. The highest BCUT2D eigenvalue weighted by Gasteiger charge is 2.37. The van der Waals surface area contributed by atoms with Crippen molar-refractivity contribution in [2.45, 2.75) is 50.8 Å². The zero-order valence-corrected chi connectivity index (χ0v) is 16.8. The van der Waals surface area contributed by atoms with Crippen molar-refractivity contribution in [3.05, 3.63) is 19.8 Å². The van der Waals surface area contributed by atoms with E-state index < -0.39 is 21.3 Å². The van der Waals surface area contributed by atoms with Crippen molar-refractivity contribution in [1.82, 2.24) is 4.72 Å². The van der Waals surface area contributed by atoms with E-state index in [-0.39, 0.29) is 18.6 Å². The lowest BCUT2D eigenvalue weighted by Crippen LogP contribution is -2.47. The number of nitrogens with one attached hydrogen (secondary N) is 1. The average Bonchev–Trinajstić information content (AvgIpc) is 2.67. The lowest BCUT2D eigenvalue weighted by molar-refractivity contribution is -0.119. The van der Waals surface area contributed by atoms with Gasteiger partial charge in [-0.2, -0.15) is 5.26 Å². The van der Waals surface area contributed by atoms with Crippen LogP contribution in [0.2, 0.25) is 5.02 Å². The number of nitrogens with zero attached hydrogens (tertiary/aromatic N) is 1. The SMILES string of the molecule is CC(C)(C)S(=O)N[C@@](C)(CC(=O)CC#N)c1sc(Br)cc1Cl. The van der Waals surface area contributed by atoms with Crippen molar-refractivity contribution < 1.29 is 9.00 Å². The number of nitriles is 1. The number of Topliss-reactive ketones (excluding diaryl/α,β-unsaturated/α-hetero) is 1. The first kappa shape index (κ1) is 19.8. The van der Waals surface area contributed by atoms with Gasteiger partial charge in [0, 0.05) is 11.3 Å². The monoisotopic (exact) mass is 424 g/mol. The van der Waals surface area contributed by atoms with Gasteiger partial charge in [0.25, 0.3) is 0 Å². The fourth-order valence-electron chi connectivity index (χ4n) is 1.78. The van der Waals surface area contributed by atoms with Gasteiger partial charge in [-0.25, -0.2) is 8.93 Å². The molecular formula is C14H18BrClN2O2S2. The van der Waals surface area contributed by atoms with Crippen LogP contribution in [-0.2, 0) is 21.3 Å². The summed E-state index contributed by atoms with van der Waals surface area (Å²) < 4.78 is 15.9. The first-order valence-corrected chi connectivity index (χ1v) is 9.67. The molecular weight excluding hydrogens is 408 g/mol. The molecule has 0 radical (unpaired) electrons. The molecule has 1 heterocycles. The number of hydrogen-bond acceptors (Lipinski definition) is 4. The minimum absolute atomic E-state index is 0.0506. The van der Waals surface area contributed by atoms with Crippen molar-refractivity contribution in [3.63, 3.8) is 0 Å². The molecule has 22 heavy (non-hydrogen) atoms. The molecule has 0 aliphatic rings. The number of carbonyl (C=O) groups excluding carboxylic acids is 1. The summed E-state index contributed by atoms with van der Waals surface area (Å²) >= 11 is 11.0. The maximum absolute atomic E-state index is 12.5. The van der Waals surface area contributed by atoms with E-state index >= 15 is 0 Å². The van der Waals surface area contributed by atoms with E-state index in [1.165, 1.54) is 11.3 Å². The van der Waals surface area contributed by atoms with E-state index in [0.29, 0.717) is 5.02 Å². The molecule has 2 atom stereocenters. The highest BCUT2D eigenvalue weighted by Crippen LogP contribution is 2.40. The molecule has 1 rings (SSSR count). The third kappa shape index (κ3) is 5.14. The highest BCUT2D eigenvalue weighted by atomic mass is 79.9. The van der Waals surface area contributed by atoms with E-state index in [0.717, 1.165) is 8.66 Å². The van der Waals surface area contributed by atoms with Crippen LogP contribution >= 0.6 is 38.9 Å². The van der Waals surface area contributed by atoms with Gasteiger partial charge in [-0.1, -0.05) is 11.6 Å². The molecule has 0 saturated heterocycles. The van der Waals surface area contributed by atoms with Crippen LogP contribution in [0, 0.1) is 11.3 Å². The molecule has 122 valence electrons. The van der Waals surface area contributed by atoms with Crippen LogP contribution in [0.5, 0.6) is 0 Å². The van der Waals surface area contributed by atoms with E-state index in [1.807, 2.05) is 26.8 Å². The van der Waals surface area contributed by atoms with Crippen LogP contribution in [0.25, 0.3) is 0 Å². The first-order valence-electron chi connectivity index (χ1n) is 6.53. The molecule has 1 N–H and O–H groups in total. The van der Waals surface area contributed by atoms with Gasteiger partial charge in [-0.15, -0.1) is 11.3 Å². The normalized spacial score (nSPS) is 15.9. The lowest BCUT2D eigenvalue weighted by atomic mass is 9.93. The quantitative estimate of drug-likeness (QED) is 0.738. The predicted molar refractivity (Wildman–Crippen MR) is 95.3 cm³/mol. The Kier molecular flexibility index (Phi) is 6.78. The van der Waals surface area contributed by atoms with E-state index in [1.54, 1.807) is 13.0 Å². The Morgan fingerprint density at radius 2 is 2.09 bits per heavy atom. The zero-order valence-electron chi connectivity index (χ0n) is 12.8. The van der Waals surface area contributed by atoms with Gasteiger partial charge in [0.15, 0.2) is 0 Å². The van der Waals surface area contributed by atoms with Crippen LogP contribution in [0.4, 0.5) is 0 Å². The van der Waals surface area contributed by atoms with Crippen LogP contribution in [-0.4, -0.2) is 14.7 Å². The topological polar surface area (TPSA) is 70.0 Å². The summed E-state index contributed by atoms with van der Waals surface area (Å²) in [6.45, 7) is 7.33. The van der Waals surface area contributed by atoms with Gasteiger partial charge in [-0.3, -0.25) is 4.79 Å². The molecule has 0 aliphatic heterocycles. The molecule has 1 unspecified atom stereocenters. The Labute approximate surface area is 151 Å². The fraction of sp³-hybridized carbons (Fsp3) is 0.571. The number of rotatable bonds is 6. The molecule has 0 aliphatic carbocycles. The summed E-state index contributed by atoms with van der Waals surface area (Å²) in [5.74, 6) is -0.219. The second kappa shape index (κ2) is 7.54. The van der Waals surface area contributed by atoms with E-state index in [9.17, 15) is 9.00 Å². The summed E-state index contributed by atoms with van der Waals surface area (Å²) in [4.78, 5) is 12.7. The standard InChI is InChI=1S/C14H18BrClN2O2S2/c1-13(2,3)22(20)18-14(4,8-9(19)5-6-17)12-10(16)7-11(15)21-12/h7,18H,5,8H2,1-4H3/t14-,22?/m0/s1. The number of carbonyl (C=O) groups is 1. The molecule has 4 nitrogen and oxygen atoms in total. The van der Waals surface area contributed by atoms with Crippen LogP contribution < -0.4 is 4.72 Å². The minimum atomic E-state index is -1.38. The lowest BCUT2D eigenvalue weighted by Gasteiger charge is -2.32. The third-order valence-electron chi connectivity index (χ3n) is 2.86. The zero-order chi connectivity index (χ0) is 17.1. The van der Waals surface area contributed by atoms with Crippen LogP contribution in [0.1, 0.15) is 45.4 Å². The molecule has 0 saturated carbocycles. The summed E-state index contributed by atoms with van der Waals surface area (Å²) in [6, 6.07) is 3.60. The fourth-order valence-corrected chi connectivity index (χ4v) is 4.96. The second-order valence-corrected chi connectivity index (χ2v) is 10.9. The van der Waals surface area contributed by atoms with Crippen molar-refractivity contribution in [2.75, 3.05) is 0 Å². The van der Waals surface area contributed by atoms with Gasteiger partial charge >= 0.3 is 0 Å². The summed E-state index contributed by atoms with van der Waals surface area (Å²) in [5, 5.41) is 9.19. The van der Waals surface area contributed by atoms with Crippen molar-refractivity contribution >= 4 is 55.6 Å². The molecule has 1 aromatic heterocycles. The molecule has 0 amide bonds. The Morgan fingerprint density at radius 3 is 2.50 bits per heavy atom. The maximum atomic E-state index is 12.5. The van der Waals surface area contributed by atoms with Gasteiger partial charge in [0.2, 0.25) is 0 Å². The van der Waals surface area contributed by atoms with Gasteiger partial charge in [-0.05, 0) is 49.7 Å². The molecule has 0 fully saturated rings. The Morgan fingerprint density at radius 1 is 1.50 bits per heavy atom. The van der Waals surface area contributed by atoms with Crippen molar-refractivity contribution in [3.8, 4) is 6.07 Å². The van der Waals surface area contributed by atoms with E-state index in [2.05, 4.69) is 20.7 Å². The highest BCUT2D eigenvalue weighted by molar-refractivity contribution is 9.11. The molecule has 1 aromatic rings. The average molecular weight is 426 g/mol. The molecule has 8 heteroatoms. The summed E-state index contributed by atoms with van der Waals surface area (Å²) in [6.07, 6.45) is -0.126. The van der Waals surface area contributed by atoms with Gasteiger partial charge in [0.1, 0.15) is 5.78 Å².